The second-order valence-electron chi connectivity index (χ2n) is 4.29. The molecule has 1 N–H and O–H groups in total. The molecular formula is C15H14N2O2S. The summed E-state index contributed by atoms with van der Waals surface area (Å²) in [6.45, 7) is 1.99. The molecule has 0 spiro atoms. The molecular weight excluding hydrogens is 272 g/mol. The first-order valence-corrected chi connectivity index (χ1v) is 6.99. The van der Waals surface area contributed by atoms with E-state index in [1.165, 1.54) is 11.8 Å². The molecule has 0 fully saturated rings. The van der Waals surface area contributed by atoms with Crippen molar-refractivity contribution in [2.24, 2.45) is 5.29 Å². The Morgan fingerprint density at radius 3 is 2.55 bits per heavy atom. The van der Waals surface area contributed by atoms with Crippen molar-refractivity contribution in [3.63, 3.8) is 0 Å². The molecule has 1 unspecified atom stereocenters. The van der Waals surface area contributed by atoms with Crippen LogP contribution >= 0.6 is 11.8 Å². The SMILES string of the molecule is Cc1cccc(SC(C(=O)NN=O)c2ccccc2)c1. The Labute approximate surface area is 121 Å². The third-order valence-electron chi connectivity index (χ3n) is 2.74. The minimum Gasteiger partial charge on any atom is -0.271 e. The van der Waals surface area contributed by atoms with Crippen LogP contribution in [0.4, 0.5) is 0 Å². The van der Waals surface area contributed by atoms with E-state index in [-0.39, 0.29) is 0 Å². The average molecular weight is 286 g/mol. The van der Waals surface area contributed by atoms with Crippen LogP contribution in [0.15, 0.2) is 64.8 Å². The highest BCUT2D eigenvalue weighted by atomic mass is 32.2. The molecule has 5 heteroatoms. The number of thioether (sulfide) groups is 1. The quantitative estimate of drug-likeness (QED) is 0.519. The number of carbonyl (C=O) groups is 1. The van der Waals surface area contributed by atoms with Crippen LogP contribution in [0.1, 0.15) is 16.4 Å². The number of hydrogen-bond donors (Lipinski definition) is 1. The van der Waals surface area contributed by atoms with Crippen LogP contribution in [0.3, 0.4) is 0 Å². The normalized spacial score (nSPS) is 11.7. The molecule has 2 rings (SSSR count). The number of carbonyl (C=O) groups excluding carboxylic acids is 1. The smallest absolute Gasteiger partial charge is 0.260 e. The Morgan fingerprint density at radius 2 is 1.90 bits per heavy atom. The largest absolute Gasteiger partial charge is 0.271 e. The van der Waals surface area contributed by atoms with E-state index in [2.05, 4.69) is 5.29 Å². The maximum absolute atomic E-state index is 12.0. The van der Waals surface area contributed by atoms with Gasteiger partial charge in [0.2, 0.25) is 0 Å². The highest BCUT2D eigenvalue weighted by Crippen LogP contribution is 2.35. The van der Waals surface area contributed by atoms with Crippen LogP contribution < -0.4 is 5.43 Å². The van der Waals surface area contributed by atoms with Gasteiger partial charge in [-0.3, -0.25) is 4.79 Å². The van der Waals surface area contributed by atoms with Crippen molar-refractivity contribution in [1.82, 2.24) is 5.43 Å². The lowest BCUT2D eigenvalue weighted by molar-refractivity contribution is -0.120. The van der Waals surface area contributed by atoms with Gasteiger partial charge < -0.3 is 0 Å². The number of rotatable bonds is 5. The van der Waals surface area contributed by atoms with Crippen molar-refractivity contribution in [2.75, 3.05) is 0 Å². The Balaban J connectivity index is 2.27. The van der Waals surface area contributed by atoms with E-state index in [4.69, 9.17) is 0 Å². The number of benzene rings is 2. The summed E-state index contributed by atoms with van der Waals surface area (Å²) < 4.78 is 0. The third kappa shape index (κ3) is 3.68. The summed E-state index contributed by atoms with van der Waals surface area (Å²) in [5, 5.41) is 1.97. The van der Waals surface area contributed by atoms with E-state index in [0.717, 1.165) is 16.0 Å². The minimum absolute atomic E-state index is 0.419. The molecule has 2 aromatic rings. The van der Waals surface area contributed by atoms with Crippen LogP contribution in [-0.4, -0.2) is 5.91 Å². The summed E-state index contributed by atoms with van der Waals surface area (Å²) in [5.74, 6) is -0.419. The Kier molecular flexibility index (Phi) is 4.90. The summed E-state index contributed by atoms with van der Waals surface area (Å²) in [6, 6.07) is 17.2. The van der Waals surface area contributed by atoms with Gasteiger partial charge in [0.05, 0.1) is 5.29 Å². The number of nitrogens with one attached hydrogen (secondary N) is 1. The van der Waals surface area contributed by atoms with Crippen LogP contribution in [-0.2, 0) is 4.79 Å². The molecule has 2 aromatic carbocycles. The fourth-order valence-electron chi connectivity index (χ4n) is 1.83. The second-order valence-corrected chi connectivity index (χ2v) is 5.47. The van der Waals surface area contributed by atoms with Crippen LogP contribution in [0.25, 0.3) is 0 Å². The molecule has 0 aliphatic heterocycles. The van der Waals surface area contributed by atoms with Crippen molar-refractivity contribution in [2.45, 2.75) is 17.1 Å². The topological polar surface area (TPSA) is 58.5 Å². The molecule has 0 saturated carbocycles. The van der Waals surface area contributed by atoms with E-state index >= 15 is 0 Å². The molecule has 0 radical (unpaired) electrons. The summed E-state index contributed by atoms with van der Waals surface area (Å²) in [5.41, 5.74) is 3.94. The fraction of sp³-hybridized carbons (Fsp3) is 0.133. The van der Waals surface area contributed by atoms with Gasteiger partial charge in [0, 0.05) is 4.90 Å². The van der Waals surface area contributed by atoms with Gasteiger partial charge in [-0.25, -0.2) is 5.43 Å². The van der Waals surface area contributed by atoms with Gasteiger partial charge in [-0.15, -0.1) is 16.7 Å². The summed E-state index contributed by atoms with van der Waals surface area (Å²) in [6.07, 6.45) is 0. The van der Waals surface area contributed by atoms with Crippen molar-refractivity contribution in [1.29, 1.82) is 0 Å². The van der Waals surface area contributed by atoms with Gasteiger partial charge in [-0.2, -0.15) is 0 Å². The van der Waals surface area contributed by atoms with Gasteiger partial charge >= 0.3 is 0 Å². The summed E-state index contributed by atoms with van der Waals surface area (Å²) in [7, 11) is 0. The molecule has 0 heterocycles. The van der Waals surface area contributed by atoms with Crippen molar-refractivity contribution >= 4 is 17.7 Å². The number of amides is 1. The zero-order valence-corrected chi connectivity index (χ0v) is 11.8. The van der Waals surface area contributed by atoms with E-state index < -0.39 is 11.2 Å². The fourth-order valence-corrected chi connectivity index (χ4v) is 2.97. The Bertz CT molecular complexity index is 602. The molecule has 1 amide bonds. The molecule has 0 aromatic heterocycles. The third-order valence-corrected chi connectivity index (χ3v) is 3.99. The average Bonchev–Trinajstić information content (AvgIpc) is 2.46. The van der Waals surface area contributed by atoms with Gasteiger partial charge in [-0.1, -0.05) is 48.0 Å². The minimum atomic E-state index is -0.504. The standard InChI is InChI=1S/C15H14N2O2S/c1-11-6-5-9-13(10-11)20-14(15(18)16-17-19)12-7-3-2-4-8-12/h2-10,14H,1H3,(H,16,18,19). The first-order valence-electron chi connectivity index (χ1n) is 6.11. The van der Waals surface area contributed by atoms with Crippen LogP contribution in [0.2, 0.25) is 0 Å². The predicted octanol–water partition coefficient (Wildman–Crippen LogP) is 3.63. The zero-order chi connectivity index (χ0) is 14.4. The van der Waals surface area contributed by atoms with Crippen molar-refractivity contribution < 1.29 is 4.79 Å². The van der Waals surface area contributed by atoms with Crippen LogP contribution in [0, 0.1) is 11.8 Å². The van der Waals surface area contributed by atoms with E-state index in [1.807, 2.05) is 66.9 Å². The molecule has 1 atom stereocenters. The zero-order valence-electron chi connectivity index (χ0n) is 10.9. The highest BCUT2D eigenvalue weighted by Gasteiger charge is 2.22. The molecule has 0 bridgehead atoms. The van der Waals surface area contributed by atoms with Gasteiger partial charge in [0.15, 0.2) is 0 Å². The first kappa shape index (κ1) is 14.3. The van der Waals surface area contributed by atoms with E-state index in [1.54, 1.807) is 0 Å². The maximum Gasteiger partial charge on any atom is 0.260 e. The lowest BCUT2D eigenvalue weighted by Crippen LogP contribution is -2.22. The van der Waals surface area contributed by atoms with Crippen LogP contribution in [0.5, 0.6) is 0 Å². The van der Waals surface area contributed by atoms with Gasteiger partial charge in [0.1, 0.15) is 5.25 Å². The predicted molar refractivity (Wildman–Crippen MR) is 80.2 cm³/mol. The molecule has 0 saturated heterocycles. The monoisotopic (exact) mass is 286 g/mol. The number of nitrogens with zero attached hydrogens (tertiary/aromatic N) is 1. The molecule has 102 valence electrons. The number of nitroso groups, excluding NO2 is 1. The Morgan fingerprint density at radius 1 is 1.15 bits per heavy atom. The molecule has 4 nitrogen and oxygen atoms in total. The number of aryl methyl sites for hydroxylation is 1. The molecule has 0 aliphatic carbocycles. The lowest BCUT2D eigenvalue weighted by Gasteiger charge is -2.14. The first-order chi connectivity index (χ1) is 9.70. The highest BCUT2D eigenvalue weighted by molar-refractivity contribution is 8.00. The van der Waals surface area contributed by atoms with E-state index in [0.29, 0.717) is 0 Å². The van der Waals surface area contributed by atoms with Gasteiger partial charge in [0.25, 0.3) is 5.91 Å². The molecule has 0 aliphatic rings. The second kappa shape index (κ2) is 6.86. The molecule has 20 heavy (non-hydrogen) atoms. The van der Waals surface area contributed by atoms with Crippen molar-refractivity contribution in [3.05, 3.63) is 70.6 Å². The van der Waals surface area contributed by atoms with Gasteiger partial charge in [-0.05, 0) is 24.6 Å². The summed E-state index contributed by atoms with van der Waals surface area (Å²) >= 11 is 1.39. The van der Waals surface area contributed by atoms with Crippen molar-refractivity contribution in [3.8, 4) is 0 Å². The lowest BCUT2D eigenvalue weighted by atomic mass is 10.1. The number of hydrogen-bond acceptors (Lipinski definition) is 4. The maximum atomic E-state index is 12.0. The van der Waals surface area contributed by atoms with E-state index in [9.17, 15) is 9.70 Å². The summed E-state index contributed by atoms with van der Waals surface area (Å²) in [4.78, 5) is 23.2. The Hall–Kier alpha value is -2.14.